The number of piperidine rings is 2. The van der Waals surface area contributed by atoms with E-state index in [0.717, 1.165) is 69.0 Å². The van der Waals surface area contributed by atoms with E-state index in [2.05, 4.69) is 10.6 Å². The van der Waals surface area contributed by atoms with Gasteiger partial charge in [0.15, 0.2) is 0 Å². The van der Waals surface area contributed by atoms with Crippen molar-refractivity contribution in [3.8, 4) is 11.5 Å². The summed E-state index contributed by atoms with van der Waals surface area (Å²) >= 11 is 0. The number of ether oxygens (including phenoxy) is 2. The lowest BCUT2D eigenvalue weighted by molar-refractivity contribution is 0.162. The summed E-state index contributed by atoms with van der Waals surface area (Å²) in [5.41, 5.74) is 6.37. The molecule has 2 saturated heterocycles. The van der Waals surface area contributed by atoms with Gasteiger partial charge in [0.05, 0.1) is 0 Å². The van der Waals surface area contributed by atoms with Gasteiger partial charge in [0.1, 0.15) is 23.7 Å². The lowest BCUT2D eigenvalue weighted by atomic mass is 10.1. The van der Waals surface area contributed by atoms with E-state index in [1.54, 1.807) is 0 Å². The van der Waals surface area contributed by atoms with E-state index >= 15 is 0 Å². The molecule has 2 fully saturated rings. The van der Waals surface area contributed by atoms with Crippen LogP contribution in [0.5, 0.6) is 11.5 Å². The fourth-order valence-corrected chi connectivity index (χ4v) is 3.26. The number of hydrogen-bond donors (Lipinski definition) is 3. The molecule has 0 unspecified atom stereocenters. The first-order valence-electron chi connectivity index (χ1n) is 9.95. The largest absolute Gasteiger partial charge is 0.490 e. The fraction of sp³-hybridized carbons (Fsp3) is 0.455. The predicted molar refractivity (Wildman–Crippen MR) is 110 cm³/mol. The molecule has 0 atom stereocenters. The third-order valence-electron chi connectivity index (χ3n) is 4.80. The van der Waals surface area contributed by atoms with Gasteiger partial charge in [-0.15, -0.1) is 0 Å². The highest BCUT2D eigenvalue weighted by Crippen LogP contribution is 2.18. The zero-order chi connectivity index (χ0) is 18.7. The fourth-order valence-electron chi connectivity index (χ4n) is 3.26. The van der Waals surface area contributed by atoms with Crippen LogP contribution in [-0.2, 0) is 0 Å². The third kappa shape index (κ3) is 7.12. The van der Waals surface area contributed by atoms with Crippen LogP contribution in [0.15, 0.2) is 54.6 Å². The second-order valence-corrected chi connectivity index (χ2v) is 7.02. The van der Waals surface area contributed by atoms with Crippen molar-refractivity contribution in [2.24, 2.45) is 0 Å². The molecule has 2 heterocycles. The van der Waals surface area contributed by atoms with Crippen LogP contribution < -0.4 is 25.8 Å². The van der Waals surface area contributed by atoms with Crippen molar-refractivity contribution >= 4 is 5.69 Å². The lowest BCUT2D eigenvalue weighted by Crippen LogP contribution is -2.34. The first kappa shape index (κ1) is 19.5. The molecule has 0 bridgehead atoms. The van der Waals surface area contributed by atoms with E-state index in [1.165, 1.54) is 0 Å². The summed E-state index contributed by atoms with van der Waals surface area (Å²) in [5.74, 6) is 1.92. The SMILES string of the molecule is Nc1ccc(OC2CCNCC2)cc1.c1ccc(OC2CCNCC2)cc1. The minimum atomic E-state index is 0.361. The van der Waals surface area contributed by atoms with Crippen molar-refractivity contribution < 1.29 is 9.47 Å². The molecule has 2 aliphatic heterocycles. The third-order valence-corrected chi connectivity index (χ3v) is 4.80. The number of nitrogens with two attached hydrogens (primary N) is 1. The van der Waals surface area contributed by atoms with Crippen molar-refractivity contribution in [2.45, 2.75) is 37.9 Å². The zero-order valence-electron chi connectivity index (χ0n) is 15.9. The first-order valence-corrected chi connectivity index (χ1v) is 9.95. The van der Waals surface area contributed by atoms with Crippen LogP contribution in [0.4, 0.5) is 5.69 Å². The number of para-hydroxylation sites is 1. The molecule has 5 heteroatoms. The second kappa shape index (κ2) is 10.8. The Balaban J connectivity index is 0.000000156. The van der Waals surface area contributed by atoms with E-state index in [9.17, 15) is 0 Å². The molecule has 2 aromatic carbocycles. The van der Waals surface area contributed by atoms with E-state index in [1.807, 2.05) is 54.6 Å². The molecule has 27 heavy (non-hydrogen) atoms. The highest BCUT2D eigenvalue weighted by atomic mass is 16.5. The highest BCUT2D eigenvalue weighted by Gasteiger charge is 2.14. The van der Waals surface area contributed by atoms with Crippen molar-refractivity contribution in [1.29, 1.82) is 0 Å². The maximum Gasteiger partial charge on any atom is 0.119 e. The molecular weight excluding hydrogens is 338 g/mol. The van der Waals surface area contributed by atoms with Gasteiger partial charge >= 0.3 is 0 Å². The Labute approximate surface area is 162 Å². The second-order valence-electron chi connectivity index (χ2n) is 7.02. The quantitative estimate of drug-likeness (QED) is 0.722. The topological polar surface area (TPSA) is 68.5 Å². The Morgan fingerprint density at radius 2 is 1.07 bits per heavy atom. The summed E-state index contributed by atoms with van der Waals surface area (Å²) in [6.45, 7) is 4.27. The van der Waals surface area contributed by atoms with E-state index in [0.29, 0.717) is 12.2 Å². The normalized spacial score (nSPS) is 18.2. The first-order chi connectivity index (χ1) is 13.3. The molecule has 146 valence electrons. The number of nitrogen functional groups attached to an aromatic ring is 1. The summed E-state index contributed by atoms with van der Waals surface area (Å²) in [5, 5.41) is 6.63. The van der Waals surface area contributed by atoms with Gasteiger partial charge in [0.25, 0.3) is 0 Å². The van der Waals surface area contributed by atoms with Gasteiger partial charge in [-0.25, -0.2) is 0 Å². The molecule has 0 aliphatic carbocycles. The van der Waals surface area contributed by atoms with Gasteiger partial charge in [-0.3, -0.25) is 0 Å². The molecular formula is C22H31N3O2. The number of anilines is 1. The average molecular weight is 370 g/mol. The van der Waals surface area contributed by atoms with Crippen LogP contribution in [0.3, 0.4) is 0 Å². The van der Waals surface area contributed by atoms with Crippen LogP contribution in [-0.4, -0.2) is 38.4 Å². The molecule has 0 amide bonds. The van der Waals surface area contributed by atoms with Crippen molar-refractivity contribution in [3.05, 3.63) is 54.6 Å². The summed E-state index contributed by atoms with van der Waals surface area (Å²) < 4.78 is 11.6. The van der Waals surface area contributed by atoms with E-state index in [4.69, 9.17) is 15.2 Å². The highest BCUT2D eigenvalue weighted by molar-refractivity contribution is 5.41. The summed E-state index contributed by atoms with van der Waals surface area (Å²) in [4.78, 5) is 0. The maximum atomic E-state index is 5.82. The smallest absolute Gasteiger partial charge is 0.119 e. The summed E-state index contributed by atoms with van der Waals surface area (Å²) in [6, 6.07) is 17.7. The molecule has 2 aromatic rings. The number of nitrogens with one attached hydrogen (secondary N) is 2. The maximum absolute atomic E-state index is 5.82. The minimum absolute atomic E-state index is 0.361. The Morgan fingerprint density at radius 3 is 1.56 bits per heavy atom. The van der Waals surface area contributed by atoms with Crippen LogP contribution in [0.2, 0.25) is 0 Å². The Morgan fingerprint density at radius 1 is 0.630 bits per heavy atom. The van der Waals surface area contributed by atoms with Crippen LogP contribution in [0.1, 0.15) is 25.7 Å². The summed E-state index contributed by atoms with van der Waals surface area (Å²) in [7, 11) is 0. The number of hydrogen-bond acceptors (Lipinski definition) is 5. The molecule has 0 saturated carbocycles. The van der Waals surface area contributed by atoms with Crippen molar-refractivity contribution in [3.63, 3.8) is 0 Å². The van der Waals surface area contributed by atoms with Crippen molar-refractivity contribution in [1.82, 2.24) is 10.6 Å². The molecule has 2 aliphatic rings. The Kier molecular flexibility index (Phi) is 7.81. The molecule has 5 nitrogen and oxygen atoms in total. The predicted octanol–water partition coefficient (Wildman–Crippen LogP) is 3.22. The zero-order valence-corrected chi connectivity index (χ0v) is 15.9. The minimum Gasteiger partial charge on any atom is -0.490 e. The standard InChI is InChI=1S/C11H16N2O.C11H15NO/c12-9-1-3-10(4-2-9)14-11-5-7-13-8-6-11;1-2-4-10(5-3-1)13-11-6-8-12-9-7-11/h1-4,11,13H,5-8,12H2;1-5,11-12H,6-9H2. The van der Waals surface area contributed by atoms with Gasteiger partial charge in [-0.05, 0) is 88.3 Å². The van der Waals surface area contributed by atoms with E-state index in [-0.39, 0.29) is 0 Å². The van der Waals surface area contributed by atoms with Gasteiger partial charge in [0.2, 0.25) is 0 Å². The van der Waals surface area contributed by atoms with Gasteiger partial charge in [0, 0.05) is 5.69 Å². The number of rotatable bonds is 4. The van der Waals surface area contributed by atoms with Gasteiger partial charge < -0.3 is 25.8 Å². The monoisotopic (exact) mass is 369 g/mol. The van der Waals surface area contributed by atoms with Crippen LogP contribution >= 0.6 is 0 Å². The van der Waals surface area contributed by atoms with Crippen molar-refractivity contribution in [2.75, 3.05) is 31.9 Å². The molecule has 4 rings (SSSR count). The molecule has 0 aromatic heterocycles. The van der Waals surface area contributed by atoms with Crippen LogP contribution in [0.25, 0.3) is 0 Å². The Bertz CT molecular complexity index is 636. The van der Waals surface area contributed by atoms with E-state index < -0.39 is 0 Å². The molecule has 0 radical (unpaired) electrons. The molecule has 0 spiro atoms. The average Bonchev–Trinajstić information content (AvgIpc) is 2.73. The van der Waals surface area contributed by atoms with Gasteiger partial charge in [-0.2, -0.15) is 0 Å². The summed E-state index contributed by atoms with van der Waals surface area (Å²) in [6.07, 6.45) is 5.18. The van der Waals surface area contributed by atoms with Crippen LogP contribution in [0, 0.1) is 0 Å². The van der Waals surface area contributed by atoms with Gasteiger partial charge in [-0.1, -0.05) is 18.2 Å². The lowest BCUT2D eigenvalue weighted by Gasteiger charge is -2.23. The Hall–Kier alpha value is -2.24. The number of benzene rings is 2. The molecule has 4 N–H and O–H groups in total.